The number of aromatic carboxylic acids is 1. The van der Waals surface area contributed by atoms with Crippen molar-refractivity contribution in [2.75, 3.05) is 0 Å². The zero-order valence-electron chi connectivity index (χ0n) is 10.8. The van der Waals surface area contributed by atoms with Gasteiger partial charge in [0.15, 0.2) is 0 Å². The Balaban J connectivity index is 2.41. The van der Waals surface area contributed by atoms with Crippen molar-refractivity contribution < 1.29 is 9.90 Å². The molecule has 0 atom stereocenters. The smallest absolute Gasteiger partial charge is 0.337 e. The highest BCUT2D eigenvalue weighted by Crippen LogP contribution is 2.27. The number of rotatable bonds is 2. The first-order valence-electron chi connectivity index (χ1n) is 5.90. The van der Waals surface area contributed by atoms with Crippen molar-refractivity contribution in [3.05, 3.63) is 47.8 Å². The van der Waals surface area contributed by atoms with Gasteiger partial charge in [-0.3, -0.25) is 0 Å². The van der Waals surface area contributed by atoms with E-state index in [0.717, 1.165) is 11.1 Å². The Morgan fingerprint density at radius 1 is 1.11 bits per heavy atom. The van der Waals surface area contributed by atoms with Crippen LogP contribution in [0.15, 0.2) is 36.7 Å². The third-order valence-corrected chi connectivity index (χ3v) is 3.04. The number of carboxylic acids is 1. The van der Waals surface area contributed by atoms with Gasteiger partial charge >= 0.3 is 5.97 Å². The van der Waals surface area contributed by atoms with E-state index < -0.39 is 5.97 Å². The number of hydrogen-bond donors (Lipinski definition) is 2. The predicted molar refractivity (Wildman–Crippen MR) is 71.9 cm³/mol. The van der Waals surface area contributed by atoms with Gasteiger partial charge in [-0.1, -0.05) is 45.0 Å². The second-order valence-electron chi connectivity index (χ2n) is 5.42. The molecule has 0 saturated carbocycles. The van der Waals surface area contributed by atoms with Gasteiger partial charge < -0.3 is 10.1 Å². The maximum atomic E-state index is 11.1. The molecule has 3 nitrogen and oxygen atoms in total. The molecule has 0 fully saturated rings. The highest BCUT2D eigenvalue weighted by molar-refractivity contribution is 5.95. The minimum absolute atomic E-state index is 0.103. The van der Waals surface area contributed by atoms with Crippen LogP contribution in [0.1, 0.15) is 36.7 Å². The SMILES string of the molecule is CC(C)(C)c1ccc(-c2c[nH]cc2C(=O)O)cc1. The molecule has 94 valence electrons. The van der Waals surface area contributed by atoms with Gasteiger partial charge in [-0.05, 0) is 16.5 Å². The predicted octanol–water partition coefficient (Wildman–Crippen LogP) is 3.68. The highest BCUT2D eigenvalue weighted by atomic mass is 16.4. The van der Waals surface area contributed by atoms with Crippen molar-refractivity contribution in [2.45, 2.75) is 26.2 Å². The molecule has 1 heterocycles. The first-order valence-corrected chi connectivity index (χ1v) is 5.90. The van der Waals surface area contributed by atoms with Gasteiger partial charge in [0.2, 0.25) is 0 Å². The van der Waals surface area contributed by atoms with Gasteiger partial charge in [-0.15, -0.1) is 0 Å². The quantitative estimate of drug-likeness (QED) is 0.845. The zero-order valence-corrected chi connectivity index (χ0v) is 10.8. The average Bonchev–Trinajstić information content (AvgIpc) is 2.77. The molecule has 0 aliphatic rings. The Bertz CT molecular complexity index is 559. The lowest BCUT2D eigenvalue weighted by atomic mass is 9.86. The molecule has 2 rings (SSSR count). The number of benzene rings is 1. The van der Waals surface area contributed by atoms with Crippen LogP contribution in [0.2, 0.25) is 0 Å². The summed E-state index contributed by atoms with van der Waals surface area (Å²) in [6, 6.07) is 8.04. The van der Waals surface area contributed by atoms with Crippen molar-refractivity contribution in [2.24, 2.45) is 0 Å². The normalized spacial score (nSPS) is 11.5. The summed E-state index contributed by atoms with van der Waals surface area (Å²) >= 11 is 0. The first-order chi connectivity index (χ1) is 8.39. The second-order valence-corrected chi connectivity index (χ2v) is 5.42. The Morgan fingerprint density at radius 2 is 1.72 bits per heavy atom. The molecule has 0 aliphatic carbocycles. The summed E-state index contributed by atoms with van der Waals surface area (Å²) in [5.41, 5.74) is 3.29. The van der Waals surface area contributed by atoms with Crippen molar-refractivity contribution in [1.29, 1.82) is 0 Å². The molecule has 0 saturated heterocycles. The zero-order chi connectivity index (χ0) is 13.3. The van der Waals surface area contributed by atoms with Crippen molar-refractivity contribution in [1.82, 2.24) is 4.98 Å². The highest BCUT2D eigenvalue weighted by Gasteiger charge is 2.15. The maximum absolute atomic E-state index is 11.1. The molecular weight excluding hydrogens is 226 g/mol. The number of hydrogen-bond acceptors (Lipinski definition) is 1. The lowest BCUT2D eigenvalue weighted by Gasteiger charge is -2.19. The average molecular weight is 243 g/mol. The molecule has 2 aromatic rings. The number of H-pyrrole nitrogens is 1. The van der Waals surface area contributed by atoms with Crippen LogP contribution in [-0.4, -0.2) is 16.1 Å². The molecule has 0 unspecified atom stereocenters. The number of aromatic nitrogens is 1. The standard InChI is InChI=1S/C15H17NO2/c1-15(2,3)11-6-4-10(5-7-11)12-8-16-9-13(12)14(17)18/h4-9,16H,1-3H3,(H,17,18). The minimum atomic E-state index is -0.911. The summed E-state index contributed by atoms with van der Waals surface area (Å²) in [7, 11) is 0. The summed E-state index contributed by atoms with van der Waals surface area (Å²) in [6.45, 7) is 6.46. The Kier molecular flexibility index (Phi) is 2.99. The fourth-order valence-electron chi connectivity index (χ4n) is 1.93. The van der Waals surface area contributed by atoms with Crippen LogP contribution >= 0.6 is 0 Å². The van der Waals surface area contributed by atoms with Gasteiger partial charge in [0.1, 0.15) is 0 Å². The molecule has 0 aliphatic heterocycles. The van der Waals surface area contributed by atoms with E-state index in [9.17, 15) is 4.79 Å². The van der Waals surface area contributed by atoms with Crippen molar-refractivity contribution >= 4 is 5.97 Å². The van der Waals surface area contributed by atoms with E-state index in [1.165, 1.54) is 11.8 Å². The largest absolute Gasteiger partial charge is 0.478 e. The van der Waals surface area contributed by atoms with E-state index in [1.54, 1.807) is 6.20 Å². The molecule has 3 heteroatoms. The Morgan fingerprint density at radius 3 is 2.22 bits per heavy atom. The lowest BCUT2D eigenvalue weighted by molar-refractivity contribution is 0.0698. The van der Waals surface area contributed by atoms with E-state index in [2.05, 4.69) is 25.8 Å². The summed E-state index contributed by atoms with van der Waals surface area (Å²) in [4.78, 5) is 13.9. The molecule has 1 aromatic heterocycles. The van der Waals surface area contributed by atoms with Gasteiger partial charge in [0, 0.05) is 18.0 Å². The first kappa shape index (κ1) is 12.4. The van der Waals surface area contributed by atoms with Crippen LogP contribution in [0.4, 0.5) is 0 Å². The van der Waals surface area contributed by atoms with Gasteiger partial charge in [-0.25, -0.2) is 4.79 Å². The van der Waals surface area contributed by atoms with Gasteiger partial charge in [0.25, 0.3) is 0 Å². The maximum Gasteiger partial charge on any atom is 0.337 e. The lowest BCUT2D eigenvalue weighted by Crippen LogP contribution is -2.10. The molecule has 0 radical (unpaired) electrons. The number of carbonyl (C=O) groups is 1. The third-order valence-electron chi connectivity index (χ3n) is 3.04. The Hall–Kier alpha value is -2.03. The number of aromatic amines is 1. The van der Waals surface area contributed by atoms with Crippen molar-refractivity contribution in [3.8, 4) is 11.1 Å². The molecule has 0 bridgehead atoms. The van der Waals surface area contributed by atoms with Crippen LogP contribution in [0, 0.1) is 0 Å². The van der Waals surface area contributed by atoms with Crippen LogP contribution in [-0.2, 0) is 5.41 Å². The third kappa shape index (κ3) is 2.30. The fraction of sp³-hybridized carbons (Fsp3) is 0.267. The summed E-state index contributed by atoms with van der Waals surface area (Å²) in [6.07, 6.45) is 3.23. The van der Waals surface area contributed by atoms with E-state index in [1.807, 2.05) is 24.3 Å². The summed E-state index contributed by atoms with van der Waals surface area (Å²) < 4.78 is 0. The van der Waals surface area contributed by atoms with Crippen LogP contribution in [0.25, 0.3) is 11.1 Å². The minimum Gasteiger partial charge on any atom is -0.478 e. The van der Waals surface area contributed by atoms with Crippen molar-refractivity contribution in [3.63, 3.8) is 0 Å². The topological polar surface area (TPSA) is 53.1 Å². The second kappa shape index (κ2) is 4.33. The molecule has 0 amide bonds. The Labute approximate surface area is 106 Å². The van der Waals surface area contributed by atoms with Gasteiger partial charge in [0.05, 0.1) is 5.56 Å². The molecular formula is C15H17NO2. The van der Waals surface area contributed by atoms with E-state index in [4.69, 9.17) is 5.11 Å². The van der Waals surface area contributed by atoms with Crippen LogP contribution in [0.5, 0.6) is 0 Å². The van der Waals surface area contributed by atoms with Gasteiger partial charge in [-0.2, -0.15) is 0 Å². The number of nitrogens with one attached hydrogen (secondary N) is 1. The summed E-state index contributed by atoms with van der Waals surface area (Å²) in [5, 5.41) is 9.08. The summed E-state index contributed by atoms with van der Waals surface area (Å²) in [5.74, 6) is -0.911. The van der Waals surface area contributed by atoms with Crippen LogP contribution < -0.4 is 0 Å². The monoisotopic (exact) mass is 243 g/mol. The molecule has 18 heavy (non-hydrogen) atoms. The van der Waals surface area contributed by atoms with Crippen LogP contribution in [0.3, 0.4) is 0 Å². The van der Waals surface area contributed by atoms with E-state index in [-0.39, 0.29) is 5.41 Å². The molecule has 1 aromatic carbocycles. The van der Waals surface area contributed by atoms with E-state index in [0.29, 0.717) is 5.56 Å². The molecule has 2 N–H and O–H groups in total. The van der Waals surface area contributed by atoms with E-state index >= 15 is 0 Å². The fourth-order valence-corrected chi connectivity index (χ4v) is 1.93. The molecule has 0 spiro atoms. The number of carboxylic acid groups (broad SMARTS) is 1.